The maximum atomic E-state index is 11.9. The third kappa shape index (κ3) is 2.70. The van der Waals surface area contributed by atoms with Crippen LogP contribution in [0.15, 0.2) is 11.4 Å². The number of halogens is 1. The molecule has 2 heterocycles. The van der Waals surface area contributed by atoms with Gasteiger partial charge in [-0.05, 0) is 48.5 Å². The number of carbonyl (C=O) groups excluding carboxylic acids is 1. The molecule has 0 saturated carbocycles. The van der Waals surface area contributed by atoms with Crippen molar-refractivity contribution in [1.29, 1.82) is 0 Å². The topological polar surface area (TPSA) is 41.1 Å². The smallest absolute Gasteiger partial charge is 0.252 e. The average Bonchev–Trinajstić information content (AvgIpc) is 2.75. The Morgan fingerprint density at radius 1 is 1.73 bits per heavy atom. The summed E-state index contributed by atoms with van der Waals surface area (Å²) in [5.41, 5.74) is 0.697. The van der Waals surface area contributed by atoms with Gasteiger partial charge in [-0.15, -0.1) is 11.3 Å². The van der Waals surface area contributed by atoms with E-state index in [-0.39, 0.29) is 11.4 Å². The predicted molar refractivity (Wildman–Crippen MR) is 70.4 cm³/mol. The Kier molecular flexibility index (Phi) is 3.32. The van der Waals surface area contributed by atoms with Crippen molar-refractivity contribution in [3.05, 3.63) is 19.9 Å². The number of rotatable bonds is 2. The van der Waals surface area contributed by atoms with E-state index in [1.54, 1.807) is 11.3 Å². The molecule has 15 heavy (non-hydrogen) atoms. The van der Waals surface area contributed by atoms with E-state index in [1.807, 2.05) is 11.4 Å². The molecule has 0 spiro atoms. The number of nitrogens with one attached hydrogen (secondary N) is 2. The molecule has 0 aliphatic carbocycles. The van der Waals surface area contributed by atoms with Crippen LogP contribution in [0.4, 0.5) is 0 Å². The number of hydrogen-bond donors (Lipinski definition) is 2. The van der Waals surface area contributed by atoms with E-state index >= 15 is 0 Å². The summed E-state index contributed by atoms with van der Waals surface area (Å²) in [5, 5.41) is 8.25. The summed E-state index contributed by atoms with van der Waals surface area (Å²) in [6.45, 7) is 3.93. The molecule has 1 unspecified atom stereocenters. The van der Waals surface area contributed by atoms with E-state index in [4.69, 9.17) is 0 Å². The van der Waals surface area contributed by atoms with E-state index in [2.05, 4.69) is 40.1 Å². The monoisotopic (exact) mass is 336 g/mol. The average molecular weight is 336 g/mol. The van der Waals surface area contributed by atoms with E-state index in [0.717, 1.165) is 28.0 Å². The fourth-order valence-corrected chi connectivity index (χ4v) is 3.03. The molecular formula is C10H13IN2OS. The molecule has 0 aromatic carbocycles. The van der Waals surface area contributed by atoms with Crippen molar-refractivity contribution in [1.82, 2.24) is 10.6 Å². The van der Waals surface area contributed by atoms with Crippen molar-refractivity contribution in [2.45, 2.75) is 18.9 Å². The zero-order chi connectivity index (χ0) is 10.9. The van der Waals surface area contributed by atoms with Crippen molar-refractivity contribution in [3.8, 4) is 0 Å². The van der Waals surface area contributed by atoms with Gasteiger partial charge in [0.25, 0.3) is 5.91 Å². The largest absolute Gasteiger partial charge is 0.346 e. The predicted octanol–water partition coefficient (Wildman–Crippen LogP) is 1.83. The summed E-state index contributed by atoms with van der Waals surface area (Å²) in [7, 11) is 0. The molecular weight excluding hydrogens is 323 g/mol. The third-order valence-electron chi connectivity index (χ3n) is 2.61. The minimum atomic E-state index is -0.0789. The highest BCUT2D eigenvalue weighted by molar-refractivity contribution is 14.1. The summed E-state index contributed by atoms with van der Waals surface area (Å²) in [6, 6.07) is 1.92. The first-order chi connectivity index (χ1) is 7.09. The molecule has 82 valence electrons. The molecule has 3 nitrogen and oxygen atoms in total. The second-order valence-electron chi connectivity index (χ2n) is 4.08. The van der Waals surface area contributed by atoms with Crippen molar-refractivity contribution in [2.24, 2.45) is 0 Å². The molecule has 5 heteroatoms. The fraction of sp³-hybridized carbons (Fsp3) is 0.500. The summed E-state index contributed by atoms with van der Waals surface area (Å²) < 4.78 is 1.15. The SMILES string of the molecule is CC1(NC(=O)c2csc(I)c2)CCNC1. The Hall–Kier alpha value is -0.140. The van der Waals surface area contributed by atoms with Crippen LogP contribution in [0.3, 0.4) is 0 Å². The number of amides is 1. The van der Waals surface area contributed by atoms with Gasteiger partial charge in [0.2, 0.25) is 0 Å². The van der Waals surface area contributed by atoms with Crippen LogP contribution in [-0.4, -0.2) is 24.5 Å². The normalized spacial score (nSPS) is 25.5. The van der Waals surface area contributed by atoms with Gasteiger partial charge < -0.3 is 10.6 Å². The van der Waals surface area contributed by atoms with Crippen molar-refractivity contribution < 1.29 is 4.79 Å². The minimum absolute atomic E-state index is 0.0420. The molecule has 1 atom stereocenters. The zero-order valence-corrected chi connectivity index (χ0v) is 11.4. The van der Waals surface area contributed by atoms with Crippen LogP contribution < -0.4 is 10.6 Å². The van der Waals surface area contributed by atoms with Gasteiger partial charge in [-0.1, -0.05) is 0 Å². The first kappa shape index (κ1) is 11.3. The Labute approximate surface area is 107 Å². The Morgan fingerprint density at radius 3 is 3.07 bits per heavy atom. The maximum absolute atomic E-state index is 11.9. The van der Waals surface area contributed by atoms with Crippen LogP contribution >= 0.6 is 33.9 Å². The Balaban J connectivity index is 2.03. The van der Waals surface area contributed by atoms with E-state index in [0.29, 0.717) is 0 Å². The molecule has 1 aromatic heterocycles. The zero-order valence-electron chi connectivity index (χ0n) is 8.47. The summed E-state index contributed by atoms with van der Waals surface area (Å²) in [6.07, 6.45) is 1.000. The maximum Gasteiger partial charge on any atom is 0.252 e. The molecule has 1 amide bonds. The van der Waals surface area contributed by atoms with Crippen molar-refractivity contribution in [3.63, 3.8) is 0 Å². The molecule has 0 radical (unpaired) electrons. The Morgan fingerprint density at radius 2 is 2.53 bits per heavy atom. The Bertz CT molecular complexity index is 371. The van der Waals surface area contributed by atoms with Gasteiger partial charge in [0.15, 0.2) is 0 Å². The molecule has 1 aliphatic heterocycles. The quantitative estimate of drug-likeness (QED) is 0.809. The molecule has 2 rings (SSSR count). The molecule has 1 aromatic rings. The second kappa shape index (κ2) is 4.39. The highest BCUT2D eigenvalue weighted by atomic mass is 127. The minimum Gasteiger partial charge on any atom is -0.346 e. The molecule has 0 bridgehead atoms. The molecule has 1 aliphatic rings. The van der Waals surface area contributed by atoms with Crippen LogP contribution in [0.1, 0.15) is 23.7 Å². The standard InChI is InChI=1S/C10H13IN2OS/c1-10(2-3-12-6-10)13-9(14)7-4-8(11)15-5-7/h4-5,12H,2-3,6H2,1H3,(H,13,14). The van der Waals surface area contributed by atoms with Gasteiger partial charge in [0.1, 0.15) is 0 Å². The number of thiophene rings is 1. The highest BCUT2D eigenvalue weighted by Crippen LogP contribution is 2.19. The lowest BCUT2D eigenvalue weighted by Gasteiger charge is -2.24. The van der Waals surface area contributed by atoms with Crippen LogP contribution in [0, 0.1) is 2.88 Å². The van der Waals surface area contributed by atoms with Crippen LogP contribution in [0.5, 0.6) is 0 Å². The molecule has 1 fully saturated rings. The lowest BCUT2D eigenvalue weighted by atomic mass is 10.0. The van der Waals surface area contributed by atoms with Gasteiger partial charge in [-0.3, -0.25) is 4.79 Å². The lowest BCUT2D eigenvalue weighted by molar-refractivity contribution is 0.0913. The molecule has 2 N–H and O–H groups in total. The van der Waals surface area contributed by atoms with Crippen molar-refractivity contribution in [2.75, 3.05) is 13.1 Å². The lowest BCUT2D eigenvalue weighted by Crippen LogP contribution is -2.47. The molecule has 1 saturated heterocycles. The van der Waals surface area contributed by atoms with Gasteiger partial charge in [-0.25, -0.2) is 0 Å². The van der Waals surface area contributed by atoms with Gasteiger partial charge in [-0.2, -0.15) is 0 Å². The van der Waals surface area contributed by atoms with Gasteiger partial charge in [0, 0.05) is 11.9 Å². The first-order valence-corrected chi connectivity index (χ1v) is 6.82. The van der Waals surface area contributed by atoms with Crippen LogP contribution in [-0.2, 0) is 0 Å². The highest BCUT2D eigenvalue weighted by Gasteiger charge is 2.30. The summed E-state index contributed by atoms with van der Waals surface area (Å²) in [5.74, 6) is 0.0420. The van der Waals surface area contributed by atoms with Crippen LogP contribution in [0.25, 0.3) is 0 Å². The van der Waals surface area contributed by atoms with Gasteiger partial charge >= 0.3 is 0 Å². The summed E-state index contributed by atoms with van der Waals surface area (Å²) >= 11 is 3.83. The van der Waals surface area contributed by atoms with E-state index < -0.39 is 0 Å². The van der Waals surface area contributed by atoms with E-state index in [1.165, 1.54) is 0 Å². The first-order valence-electron chi connectivity index (χ1n) is 4.86. The summed E-state index contributed by atoms with van der Waals surface area (Å²) in [4.78, 5) is 11.9. The second-order valence-corrected chi connectivity index (χ2v) is 6.89. The number of carbonyl (C=O) groups is 1. The van der Waals surface area contributed by atoms with E-state index in [9.17, 15) is 4.79 Å². The van der Waals surface area contributed by atoms with Crippen molar-refractivity contribution >= 4 is 39.8 Å². The number of hydrogen-bond acceptors (Lipinski definition) is 3. The van der Waals surface area contributed by atoms with Gasteiger partial charge in [0.05, 0.1) is 14.0 Å². The van der Waals surface area contributed by atoms with Crippen LogP contribution in [0.2, 0.25) is 0 Å². The third-order valence-corrected chi connectivity index (χ3v) is 4.40. The fourth-order valence-electron chi connectivity index (χ4n) is 1.70.